The van der Waals surface area contributed by atoms with Gasteiger partial charge in [-0.25, -0.2) is 0 Å². The van der Waals surface area contributed by atoms with Crippen LogP contribution in [0.25, 0.3) is 0 Å². The number of nitrogens with one attached hydrogen (secondary N) is 1. The molecule has 3 N–H and O–H groups in total. The summed E-state index contributed by atoms with van der Waals surface area (Å²) in [5.41, 5.74) is 8.22. The number of likely N-dealkylation sites (N-methyl/N-ethyl adjacent to an activating group) is 1. The summed E-state index contributed by atoms with van der Waals surface area (Å²) in [7, 11) is 1.78. The third-order valence-electron chi connectivity index (χ3n) is 3.65. The van der Waals surface area contributed by atoms with Gasteiger partial charge in [0.15, 0.2) is 0 Å². The number of amides is 1. The fourth-order valence-electron chi connectivity index (χ4n) is 2.48. The lowest BCUT2D eigenvalue weighted by Crippen LogP contribution is -2.48. The lowest BCUT2D eigenvalue weighted by molar-refractivity contribution is -0.120. The van der Waals surface area contributed by atoms with Gasteiger partial charge in [0, 0.05) is 19.6 Å². The van der Waals surface area contributed by atoms with Crippen LogP contribution in [0.1, 0.15) is 11.1 Å². The Labute approximate surface area is 108 Å². The molecule has 1 aliphatic rings. The van der Waals surface area contributed by atoms with Crippen molar-refractivity contribution in [3.63, 3.8) is 0 Å². The van der Waals surface area contributed by atoms with Crippen LogP contribution in [0.5, 0.6) is 0 Å². The van der Waals surface area contributed by atoms with E-state index in [-0.39, 0.29) is 11.9 Å². The van der Waals surface area contributed by atoms with Crippen molar-refractivity contribution in [2.45, 2.75) is 18.9 Å². The van der Waals surface area contributed by atoms with E-state index in [0.29, 0.717) is 6.54 Å². The molecule has 0 saturated heterocycles. The second-order valence-corrected chi connectivity index (χ2v) is 4.81. The lowest BCUT2D eigenvalue weighted by atomic mass is 10.0. The first-order valence-corrected chi connectivity index (χ1v) is 6.46. The monoisotopic (exact) mass is 247 g/mol. The second-order valence-electron chi connectivity index (χ2n) is 4.81. The van der Waals surface area contributed by atoms with E-state index in [1.165, 1.54) is 11.1 Å². The number of carbonyl (C=O) groups excluding carboxylic acids is 1. The van der Waals surface area contributed by atoms with Gasteiger partial charge >= 0.3 is 0 Å². The number of nitrogens with two attached hydrogens (primary N) is 1. The third-order valence-corrected chi connectivity index (χ3v) is 3.65. The van der Waals surface area contributed by atoms with Gasteiger partial charge in [0.1, 0.15) is 0 Å². The molecule has 0 saturated carbocycles. The summed E-state index contributed by atoms with van der Waals surface area (Å²) in [6.45, 7) is 2.67. The average molecular weight is 247 g/mol. The fourth-order valence-corrected chi connectivity index (χ4v) is 2.48. The Morgan fingerprint density at radius 1 is 1.33 bits per heavy atom. The molecule has 1 aromatic rings. The van der Waals surface area contributed by atoms with Gasteiger partial charge in [-0.15, -0.1) is 0 Å². The molecule has 18 heavy (non-hydrogen) atoms. The molecule has 4 heteroatoms. The summed E-state index contributed by atoms with van der Waals surface area (Å²) in [6.07, 6.45) is 2.09. The first kappa shape index (κ1) is 13.1. The van der Waals surface area contributed by atoms with Crippen molar-refractivity contribution in [1.29, 1.82) is 0 Å². The van der Waals surface area contributed by atoms with E-state index in [0.717, 1.165) is 25.9 Å². The number of fused-ring (bicyclic) bond motifs is 1. The van der Waals surface area contributed by atoms with Gasteiger partial charge in [0.25, 0.3) is 0 Å². The molecule has 0 radical (unpaired) electrons. The highest BCUT2D eigenvalue weighted by Crippen LogP contribution is 2.15. The summed E-state index contributed by atoms with van der Waals surface area (Å²) < 4.78 is 0. The molecular weight excluding hydrogens is 226 g/mol. The molecule has 0 bridgehead atoms. The normalized spacial score (nSPS) is 17.8. The molecule has 1 unspecified atom stereocenters. The van der Waals surface area contributed by atoms with Gasteiger partial charge in [-0.1, -0.05) is 24.3 Å². The molecular formula is C14H21N3O. The van der Waals surface area contributed by atoms with E-state index in [1.807, 2.05) is 0 Å². The predicted molar refractivity (Wildman–Crippen MR) is 72.3 cm³/mol. The van der Waals surface area contributed by atoms with Crippen LogP contribution < -0.4 is 11.1 Å². The molecule has 1 aromatic carbocycles. The molecule has 0 aromatic heterocycles. The molecule has 98 valence electrons. The van der Waals surface area contributed by atoms with E-state index in [9.17, 15) is 4.79 Å². The zero-order valence-electron chi connectivity index (χ0n) is 10.9. The molecule has 1 amide bonds. The fraction of sp³-hybridized carbons (Fsp3) is 0.500. The van der Waals surface area contributed by atoms with Crippen molar-refractivity contribution in [3.05, 3.63) is 35.4 Å². The van der Waals surface area contributed by atoms with Crippen LogP contribution in [0.15, 0.2) is 24.3 Å². The number of hydrogen-bond acceptors (Lipinski definition) is 3. The highest BCUT2D eigenvalue weighted by Gasteiger charge is 2.19. The highest BCUT2D eigenvalue weighted by molar-refractivity contribution is 5.80. The quantitative estimate of drug-likeness (QED) is 0.797. The van der Waals surface area contributed by atoms with Gasteiger partial charge in [-0.2, -0.15) is 0 Å². The third kappa shape index (κ3) is 3.09. The molecule has 1 atom stereocenters. The number of benzene rings is 1. The molecule has 2 rings (SSSR count). The molecule has 1 heterocycles. The van der Waals surface area contributed by atoms with Crippen LogP contribution in [0.3, 0.4) is 0 Å². The van der Waals surface area contributed by atoms with Gasteiger partial charge in [-0.05, 0) is 31.0 Å². The zero-order chi connectivity index (χ0) is 13.0. The Morgan fingerprint density at radius 2 is 1.89 bits per heavy atom. The van der Waals surface area contributed by atoms with Crippen LogP contribution in [-0.4, -0.2) is 43.5 Å². The minimum absolute atomic E-state index is 0.258. The van der Waals surface area contributed by atoms with E-state index in [2.05, 4.69) is 34.5 Å². The van der Waals surface area contributed by atoms with Crippen molar-refractivity contribution in [2.75, 3.05) is 26.7 Å². The van der Waals surface area contributed by atoms with E-state index >= 15 is 0 Å². The van der Waals surface area contributed by atoms with Crippen LogP contribution >= 0.6 is 0 Å². The molecule has 0 fully saturated rings. The second kappa shape index (κ2) is 5.98. The van der Waals surface area contributed by atoms with Crippen LogP contribution in [0, 0.1) is 0 Å². The molecule has 4 nitrogen and oxygen atoms in total. The van der Waals surface area contributed by atoms with Gasteiger partial charge in [0.2, 0.25) is 5.91 Å². The number of rotatable bonds is 4. The summed E-state index contributed by atoms with van der Waals surface area (Å²) >= 11 is 0. The summed E-state index contributed by atoms with van der Waals surface area (Å²) in [5, 5.41) is 2.97. The minimum atomic E-state index is -0.278. The Hall–Kier alpha value is -1.39. The number of nitrogens with zero attached hydrogens (tertiary/aromatic N) is 1. The van der Waals surface area contributed by atoms with Gasteiger partial charge in [-0.3, -0.25) is 4.79 Å². The highest BCUT2D eigenvalue weighted by atomic mass is 16.1. The lowest BCUT2D eigenvalue weighted by Gasteiger charge is -2.24. The van der Waals surface area contributed by atoms with Crippen molar-refractivity contribution >= 4 is 5.91 Å². The largest absolute Gasteiger partial charge is 0.368 e. The van der Waals surface area contributed by atoms with Gasteiger partial charge < -0.3 is 16.0 Å². The average Bonchev–Trinajstić information content (AvgIpc) is 2.58. The Kier molecular flexibility index (Phi) is 4.33. The number of primary amides is 1. The van der Waals surface area contributed by atoms with E-state index in [1.54, 1.807) is 7.05 Å². The van der Waals surface area contributed by atoms with Gasteiger partial charge in [0.05, 0.1) is 6.04 Å². The van der Waals surface area contributed by atoms with Crippen LogP contribution in [0.2, 0.25) is 0 Å². The van der Waals surface area contributed by atoms with Crippen LogP contribution in [0.4, 0.5) is 0 Å². The molecule has 0 aliphatic carbocycles. The number of hydrogen-bond donors (Lipinski definition) is 2. The summed E-state index contributed by atoms with van der Waals surface area (Å²) in [6, 6.07) is 8.32. The molecule has 1 aliphatic heterocycles. The zero-order valence-corrected chi connectivity index (χ0v) is 10.9. The van der Waals surface area contributed by atoms with Crippen molar-refractivity contribution in [2.24, 2.45) is 5.73 Å². The maximum atomic E-state index is 11.2. The predicted octanol–water partition coefficient (Wildman–Crippen LogP) is 0.161. The minimum Gasteiger partial charge on any atom is -0.368 e. The number of carbonyl (C=O) groups is 1. The van der Waals surface area contributed by atoms with Crippen molar-refractivity contribution in [3.8, 4) is 0 Å². The van der Waals surface area contributed by atoms with Crippen molar-refractivity contribution < 1.29 is 4.79 Å². The van der Waals surface area contributed by atoms with Crippen molar-refractivity contribution in [1.82, 2.24) is 10.2 Å². The SMILES string of the molecule is CNC(CN1CCc2ccccc2CC1)C(N)=O. The summed E-state index contributed by atoms with van der Waals surface area (Å²) in [5.74, 6) is -0.278. The standard InChI is InChI=1S/C14H21N3O/c1-16-13(14(15)18)10-17-8-6-11-4-2-3-5-12(11)7-9-17/h2-5,13,16H,6-10H2,1H3,(H2,15,18). The van der Waals surface area contributed by atoms with E-state index in [4.69, 9.17) is 5.73 Å². The van der Waals surface area contributed by atoms with Crippen LogP contribution in [-0.2, 0) is 17.6 Å². The Balaban J connectivity index is 1.97. The maximum absolute atomic E-state index is 11.2. The topological polar surface area (TPSA) is 58.4 Å². The first-order valence-electron chi connectivity index (χ1n) is 6.46. The maximum Gasteiger partial charge on any atom is 0.235 e. The molecule has 0 spiro atoms. The first-order chi connectivity index (χ1) is 8.70. The Morgan fingerprint density at radius 3 is 2.33 bits per heavy atom. The smallest absolute Gasteiger partial charge is 0.235 e. The van der Waals surface area contributed by atoms with E-state index < -0.39 is 0 Å². The Bertz CT molecular complexity index is 392. The summed E-state index contributed by atoms with van der Waals surface area (Å²) in [4.78, 5) is 13.6.